The number of nitrogen functional groups attached to an aromatic ring is 1. The van der Waals surface area contributed by atoms with E-state index in [0.29, 0.717) is 11.2 Å². The van der Waals surface area contributed by atoms with Gasteiger partial charge in [0.1, 0.15) is 18.1 Å². The molecule has 0 aromatic carbocycles. The lowest BCUT2D eigenvalue weighted by atomic mass is 9.95. The minimum absolute atomic E-state index is 0.128. The number of nitrogens with zero attached hydrogens (tertiary/aromatic N) is 4. The topological polar surface area (TPSA) is 259 Å². The average molecular weight is 491 g/mol. The number of hydrogen-bond donors (Lipinski definition) is 6. The van der Waals surface area contributed by atoms with Crippen LogP contribution in [-0.4, -0.2) is 63.5 Å². The molecule has 5 atom stereocenters. The molecule has 1 aliphatic heterocycles. The molecule has 30 heavy (non-hydrogen) atoms. The minimum Gasteiger partial charge on any atom is -0.396 e. The number of ether oxygens (including phenoxy) is 1. The van der Waals surface area contributed by atoms with Gasteiger partial charge in [-0.1, -0.05) is 0 Å². The van der Waals surface area contributed by atoms with E-state index >= 15 is 0 Å². The molecule has 3 rings (SSSR count). The van der Waals surface area contributed by atoms with E-state index in [4.69, 9.17) is 25.2 Å². The third-order valence-electron chi connectivity index (χ3n) is 3.85. The van der Waals surface area contributed by atoms with E-state index in [1.165, 1.54) is 17.2 Å². The van der Waals surface area contributed by atoms with Crippen LogP contribution in [0.25, 0.3) is 11.2 Å². The normalized spacial score (nSPS) is 26.1. The third kappa shape index (κ3) is 5.29. The summed E-state index contributed by atoms with van der Waals surface area (Å²) in [4.78, 5) is 47.4. The molecule has 1 fully saturated rings. The van der Waals surface area contributed by atoms with E-state index in [0.717, 1.165) is 0 Å². The summed E-state index contributed by atoms with van der Waals surface area (Å²) in [6.07, 6.45) is 0.807. The number of nitrogens with two attached hydrogens (primary N) is 1. The van der Waals surface area contributed by atoms with Crippen LogP contribution >= 0.6 is 23.5 Å². The predicted molar refractivity (Wildman–Crippen MR) is 94.0 cm³/mol. The Morgan fingerprint density at radius 1 is 1.10 bits per heavy atom. The second-order valence-electron chi connectivity index (χ2n) is 5.88. The summed E-state index contributed by atoms with van der Waals surface area (Å²) in [5.74, 6) is -0.547. The number of hydrogen-bond acceptors (Lipinski definition) is 12. The summed E-state index contributed by atoms with van der Waals surface area (Å²) in [5, 5.41) is 9.62. The predicted octanol–water partition coefficient (Wildman–Crippen LogP) is -0.742. The number of anilines is 1. The van der Waals surface area contributed by atoms with Gasteiger partial charge in [0.25, 0.3) is 0 Å². The molecule has 0 radical (unpaired) electrons. The Kier molecular flexibility index (Phi) is 6.47. The number of aromatic nitrogens is 4. The van der Waals surface area contributed by atoms with Crippen molar-refractivity contribution in [3.8, 4) is 0 Å². The number of aliphatic hydroxyl groups excluding tert-OH is 1. The van der Waals surface area contributed by atoms with E-state index < -0.39 is 54.9 Å². The Bertz CT molecular complexity index is 1070. The molecule has 17 nitrogen and oxygen atoms in total. The highest BCUT2D eigenvalue weighted by Gasteiger charge is 2.47. The maximum absolute atomic E-state index is 11.8. The lowest BCUT2D eigenvalue weighted by Crippen LogP contribution is -2.49. The maximum atomic E-state index is 11.8. The number of aliphatic hydroxyl groups is 1. The first kappa shape index (κ1) is 23.3. The molecule has 0 bridgehead atoms. The molecule has 7 N–H and O–H groups in total. The van der Waals surface area contributed by atoms with Crippen molar-refractivity contribution in [2.75, 3.05) is 18.9 Å². The molecule has 168 valence electrons. The quantitative estimate of drug-likeness (QED) is 0.236. The Hall–Kier alpha value is -1.32. The largest absolute Gasteiger partial charge is 0.490 e. The van der Waals surface area contributed by atoms with Crippen molar-refractivity contribution in [1.82, 2.24) is 19.5 Å². The highest BCUT2D eigenvalue weighted by molar-refractivity contribution is 7.66. The second-order valence-corrected chi connectivity index (χ2v) is 10.3. The SMILES string of the molecule is Nc1ncnc2c1ncn2[C@@H]1O[C@H](COP(=O)(O)OP(=O)(O)OP(=O)(O)O)[C@H]1CO. The highest BCUT2D eigenvalue weighted by Crippen LogP contribution is 2.66. The fourth-order valence-electron chi connectivity index (χ4n) is 2.64. The summed E-state index contributed by atoms with van der Waals surface area (Å²) >= 11 is 0. The zero-order chi connectivity index (χ0) is 22.3. The molecule has 1 saturated heterocycles. The van der Waals surface area contributed by atoms with Crippen LogP contribution in [0.2, 0.25) is 0 Å². The summed E-state index contributed by atoms with van der Waals surface area (Å²) in [6.45, 7) is -1.13. The van der Waals surface area contributed by atoms with Crippen LogP contribution in [0.4, 0.5) is 5.82 Å². The minimum atomic E-state index is -5.62. The molecule has 1 aliphatic rings. The fraction of sp³-hybridized carbons (Fsp3) is 0.500. The standard InChI is InChI=1S/C10H16N5O12P3/c11-8-7-9(13-3-12-8)15(4-14-7)10-5(1-16)6(25-10)2-24-29(20,21)27-30(22,23)26-28(17,18)19/h3-6,10,16H,1-2H2,(H,20,21)(H,22,23)(H2,11,12,13)(H2,17,18,19)/t5-,6-,10-/m1/s1. The van der Waals surface area contributed by atoms with Gasteiger partial charge in [-0.2, -0.15) is 8.62 Å². The highest BCUT2D eigenvalue weighted by atomic mass is 31.3. The van der Waals surface area contributed by atoms with Crippen LogP contribution in [0.3, 0.4) is 0 Å². The van der Waals surface area contributed by atoms with Gasteiger partial charge < -0.3 is 35.2 Å². The van der Waals surface area contributed by atoms with Gasteiger partial charge in [-0.3, -0.25) is 9.09 Å². The Morgan fingerprint density at radius 2 is 1.80 bits per heavy atom. The molecular formula is C10H16N5O12P3. The van der Waals surface area contributed by atoms with Gasteiger partial charge in [0.2, 0.25) is 0 Å². The number of phosphoric ester groups is 1. The lowest BCUT2D eigenvalue weighted by molar-refractivity contribution is -0.242. The molecule has 0 spiro atoms. The summed E-state index contributed by atoms with van der Waals surface area (Å²) in [5.41, 5.74) is 6.31. The van der Waals surface area contributed by atoms with Crippen LogP contribution < -0.4 is 5.73 Å². The fourth-order valence-corrected chi connectivity index (χ4v) is 5.67. The van der Waals surface area contributed by atoms with Crippen molar-refractivity contribution < 1.29 is 56.3 Å². The van der Waals surface area contributed by atoms with Crippen molar-refractivity contribution in [3.63, 3.8) is 0 Å². The Morgan fingerprint density at radius 3 is 2.43 bits per heavy atom. The molecule has 3 heterocycles. The van der Waals surface area contributed by atoms with Gasteiger partial charge >= 0.3 is 23.5 Å². The van der Waals surface area contributed by atoms with E-state index in [9.17, 15) is 23.7 Å². The van der Waals surface area contributed by atoms with Gasteiger partial charge in [-0.15, -0.1) is 0 Å². The van der Waals surface area contributed by atoms with Gasteiger partial charge in [-0.25, -0.2) is 28.6 Å². The first-order valence-corrected chi connectivity index (χ1v) is 12.3. The average Bonchev–Trinajstić information content (AvgIpc) is 2.96. The van der Waals surface area contributed by atoms with Crippen molar-refractivity contribution in [1.29, 1.82) is 0 Å². The number of rotatable bonds is 9. The van der Waals surface area contributed by atoms with Crippen LogP contribution in [0, 0.1) is 5.92 Å². The molecule has 2 unspecified atom stereocenters. The summed E-state index contributed by atoms with van der Waals surface area (Å²) in [7, 11) is -16.4. The lowest BCUT2D eigenvalue weighted by Gasteiger charge is -2.44. The van der Waals surface area contributed by atoms with E-state index in [1.54, 1.807) is 0 Å². The van der Waals surface area contributed by atoms with E-state index in [2.05, 4.69) is 28.1 Å². The molecule has 0 saturated carbocycles. The van der Waals surface area contributed by atoms with Gasteiger partial charge in [-0.05, 0) is 0 Å². The zero-order valence-corrected chi connectivity index (χ0v) is 17.3. The van der Waals surface area contributed by atoms with Crippen LogP contribution in [0.15, 0.2) is 12.7 Å². The van der Waals surface area contributed by atoms with Crippen molar-refractivity contribution in [3.05, 3.63) is 12.7 Å². The van der Waals surface area contributed by atoms with Crippen molar-refractivity contribution in [2.24, 2.45) is 5.92 Å². The van der Waals surface area contributed by atoms with Crippen LogP contribution in [-0.2, 0) is 31.6 Å². The molecule has 20 heteroatoms. The van der Waals surface area contributed by atoms with Gasteiger partial charge in [0.05, 0.1) is 31.6 Å². The Balaban J connectivity index is 1.63. The monoisotopic (exact) mass is 491 g/mol. The smallest absolute Gasteiger partial charge is 0.396 e. The Labute approximate surface area is 166 Å². The number of imidazole rings is 1. The first-order chi connectivity index (χ1) is 13.8. The molecule has 2 aromatic heterocycles. The van der Waals surface area contributed by atoms with Crippen LogP contribution in [0.5, 0.6) is 0 Å². The second kappa shape index (κ2) is 8.31. The molecular weight excluding hydrogens is 475 g/mol. The number of phosphoric acid groups is 3. The van der Waals surface area contributed by atoms with Crippen molar-refractivity contribution >= 4 is 40.4 Å². The summed E-state index contributed by atoms with van der Waals surface area (Å²) < 4.78 is 52.3. The van der Waals surface area contributed by atoms with Crippen molar-refractivity contribution in [2.45, 2.75) is 12.3 Å². The van der Waals surface area contributed by atoms with Gasteiger partial charge in [0, 0.05) is 0 Å². The maximum Gasteiger partial charge on any atom is 0.490 e. The van der Waals surface area contributed by atoms with E-state index in [1.807, 2.05) is 0 Å². The van der Waals surface area contributed by atoms with E-state index in [-0.39, 0.29) is 5.82 Å². The van der Waals surface area contributed by atoms with Crippen LogP contribution in [0.1, 0.15) is 6.23 Å². The van der Waals surface area contributed by atoms with Gasteiger partial charge in [0.15, 0.2) is 11.5 Å². The zero-order valence-electron chi connectivity index (χ0n) is 14.6. The molecule has 0 aliphatic carbocycles. The summed E-state index contributed by atoms with van der Waals surface area (Å²) in [6, 6.07) is 0. The molecule has 2 aromatic rings. The molecule has 0 amide bonds. The number of fused-ring (bicyclic) bond motifs is 1. The first-order valence-electron chi connectivity index (χ1n) is 7.79. The third-order valence-corrected chi connectivity index (χ3v) is 7.65.